The Morgan fingerprint density at radius 1 is 1.00 bits per heavy atom. The van der Waals surface area contributed by atoms with Crippen molar-refractivity contribution in [1.82, 2.24) is 0 Å². The maximum atomic E-state index is 10.3. The molecule has 0 spiro atoms. The molecule has 6 heteroatoms. The van der Waals surface area contributed by atoms with Gasteiger partial charge in [-0.1, -0.05) is 69.4 Å². The molecule has 0 saturated carbocycles. The Morgan fingerprint density at radius 2 is 1.66 bits per heavy atom. The summed E-state index contributed by atoms with van der Waals surface area (Å²) in [5.74, 6) is -2.38. The van der Waals surface area contributed by atoms with E-state index in [0.29, 0.717) is 6.42 Å². The summed E-state index contributed by atoms with van der Waals surface area (Å²) >= 11 is 0. The van der Waals surface area contributed by atoms with E-state index in [1.165, 1.54) is 0 Å². The predicted molar refractivity (Wildman–Crippen MR) is 106 cm³/mol. The van der Waals surface area contributed by atoms with Gasteiger partial charge in [-0.25, -0.2) is 0 Å². The van der Waals surface area contributed by atoms with E-state index in [1.54, 1.807) is 6.92 Å². The smallest absolute Gasteiger partial charge is 0.218 e. The molecule has 0 aromatic heterocycles. The topological polar surface area (TPSA) is 114 Å². The fourth-order valence-corrected chi connectivity index (χ4v) is 4.95. The van der Waals surface area contributed by atoms with E-state index in [9.17, 15) is 15.8 Å². The molecule has 1 N–H and O–H groups in total. The molecule has 0 amide bonds. The summed E-state index contributed by atoms with van der Waals surface area (Å²) in [4.78, 5) is 0. The van der Waals surface area contributed by atoms with Crippen molar-refractivity contribution in [3.05, 3.63) is 35.9 Å². The highest BCUT2D eigenvalue weighted by molar-refractivity contribution is 5.90. The summed E-state index contributed by atoms with van der Waals surface area (Å²) in [7, 11) is 0. The first kappa shape index (κ1) is 20.8. The van der Waals surface area contributed by atoms with Crippen LogP contribution >= 0.6 is 0 Å². The van der Waals surface area contributed by atoms with Crippen LogP contribution in [0.2, 0.25) is 0 Å². The second-order valence-corrected chi connectivity index (χ2v) is 8.05. The minimum absolute atomic E-state index is 0.354. The van der Waals surface area contributed by atoms with Gasteiger partial charge < -0.3 is 9.47 Å². The number of unbranched alkanes of at least 4 members (excludes halogenated alkanes) is 4. The highest BCUT2D eigenvalue weighted by Crippen LogP contribution is 2.66. The van der Waals surface area contributed by atoms with Gasteiger partial charge >= 0.3 is 0 Å². The van der Waals surface area contributed by atoms with E-state index in [1.807, 2.05) is 30.3 Å². The van der Waals surface area contributed by atoms with Gasteiger partial charge in [-0.05, 0) is 12.0 Å². The first-order chi connectivity index (χ1) is 14.0. The second-order valence-electron chi connectivity index (χ2n) is 8.05. The van der Waals surface area contributed by atoms with Crippen molar-refractivity contribution in [3.63, 3.8) is 0 Å². The predicted octanol–water partition coefficient (Wildman–Crippen LogP) is 4.80. The first-order valence-corrected chi connectivity index (χ1v) is 10.2. The summed E-state index contributed by atoms with van der Waals surface area (Å²) < 4.78 is 12.1. The molecule has 4 atom stereocenters. The van der Waals surface area contributed by atoms with Gasteiger partial charge in [-0.15, -0.1) is 0 Å². The fourth-order valence-electron chi connectivity index (χ4n) is 4.95. The molecule has 1 aromatic carbocycles. The average Bonchev–Trinajstić information content (AvgIpc) is 2.92. The summed E-state index contributed by atoms with van der Waals surface area (Å²) in [6.07, 6.45) is 4.77. The van der Waals surface area contributed by atoms with Crippen molar-refractivity contribution < 1.29 is 9.47 Å². The molecule has 2 heterocycles. The van der Waals surface area contributed by atoms with Gasteiger partial charge in [0.1, 0.15) is 0 Å². The van der Waals surface area contributed by atoms with E-state index in [-0.39, 0.29) is 5.90 Å². The van der Waals surface area contributed by atoms with Crippen LogP contribution in [0.3, 0.4) is 0 Å². The molecular formula is C23H26N4O2. The van der Waals surface area contributed by atoms with Crippen molar-refractivity contribution in [2.45, 2.75) is 70.2 Å². The molecule has 3 rings (SSSR count). The number of ether oxygens (including phenoxy) is 2. The third-order valence-corrected chi connectivity index (χ3v) is 6.33. The molecule has 6 nitrogen and oxygen atoms in total. The zero-order chi connectivity index (χ0) is 21.1. The standard InChI is InChI=1S/C23H26N4O2/c1-3-4-5-6-10-13-18-22(14-24,15-25)23(16-26)19(17-11-8-7-9-12-17)21(2,28-18)29-20(23)27/h7-9,11-12,18-19,27H,3-6,10,13H2,1-2H3. The maximum Gasteiger partial charge on any atom is 0.218 e. The number of nitrogens with one attached hydrogen (secondary N) is 1. The molecule has 29 heavy (non-hydrogen) atoms. The Morgan fingerprint density at radius 3 is 2.24 bits per heavy atom. The van der Waals surface area contributed by atoms with E-state index < -0.39 is 28.6 Å². The summed E-state index contributed by atoms with van der Waals surface area (Å²) in [6.45, 7) is 3.85. The van der Waals surface area contributed by atoms with Crippen LogP contribution in [0.5, 0.6) is 0 Å². The maximum absolute atomic E-state index is 10.3. The zero-order valence-corrected chi connectivity index (χ0v) is 16.9. The highest BCUT2D eigenvalue weighted by atomic mass is 16.7. The number of nitriles is 3. The lowest BCUT2D eigenvalue weighted by molar-refractivity contribution is -0.251. The number of hydrogen-bond acceptors (Lipinski definition) is 6. The average molecular weight is 390 g/mol. The van der Waals surface area contributed by atoms with Gasteiger partial charge in [0.2, 0.25) is 11.7 Å². The fraction of sp³-hybridized carbons (Fsp3) is 0.565. The Kier molecular flexibility index (Phi) is 5.65. The lowest BCUT2D eigenvalue weighted by Gasteiger charge is -2.48. The van der Waals surface area contributed by atoms with Crippen LogP contribution in [0.4, 0.5) is 0 Å². The lowest BCUT2D eigenvalue weighted by Crippen LogP contribution is -2.60. The first-order valence-electron chi connectivity index (χ1n) is 10.2. The Balaban J connectivity index is 2.07. The highest BCUT2D eigenvalue weighted by Gasteiger charge is 2.79. The summed E-state index contributed by atoms with van der Waals surface area (Å²) in [6, 6.07) is 15.6. The van der Waals surface area contributed by atoms with E-state index in [0.717, 1.165) is 37.7 Å². The van der Waals surface area contributed by atoms with Crippen molar-refractivity contribution in [2.24, 2.45) is 10.8 Å². The van der Waals surface area contributed by atoms with Crippen LogP contribution in [0.1, 0.15) is 63.9 Å². The minimum atomic E-state index is -1.82. The number of fused-ring (bicyclic) bond motifs is 2. The summed E-state index contributed by atoms with van der Waals surface area (Å²) in [5.41, 5.74) is -2.82. The number of rotatable bonds is 7. The quantitative estimate of drug-likeness (QED) is 0.672. The molecule has 2 saturated heterocycles. The van der Waals surface area contributed by atoms with Crippen LogP contribution < -0.4 is 0 Å². The van der Waals surface area contributed by atoms with Crippen LogP contribution in [0.25, 0.3) is 0 Å². The van der Waals surface area contributed by atoms with Gasteiger partial charge in [0.25, 0.3) is 0 Å². The minimum Gasteiger partial charge on any atom is -0.447 e. The Labute approximate surface area is 172 Å². The van der Waals surface area contributed by atoms with Crippen LogP contribution in [0.15, 0.2) is 30.3 Å². The summed E-state index contributed by atoms with van der Waals surface area (Å²) in [5, 5.41) is 39.2. The molecule has 150 valence electrons. The molecule has 2 fully saturated rings. The number of benzene rings is 1. The van der Waals surface area contributed by atoms with Crippen molar-refractivity contribution in [3.8, 4) is 18.2 Å². The van der Waals surface area contributed by atoms with Gasteiger partial charge in [0.15, 0.2) is 10.8 Å². The largest absolute Gasteiger partial charge is 0.447 e. The molecule has 2 aliphatic heterocycles. The van der Waals surface area contributed by atoms with Crippen LogP contribution in [-0.4, -0.2) is 17.8 Å². The third-order valence-electron chi connectivity index (χ3n) is 6.33. The number of hydrogen-bond donors (Lipinski definition) is 1. The molecule has 0 radical (unpaired) electrons. The Hall–Kier alpha value is -2.88. The van der Waals surface area contributed by atoms with E-state index in [2.05, 4.69) is 25.1 Å². The van der Waals surface area contributed by atoms with Crippen molar-refractivity contribution in [1.29, 1.82) is 21.2 Å². The Bertz CT molecular complexity index is 880. The molecule has 2 bridgehead atoms. The molecule has 1 aromatic rings. The van der Waals surface area contributed by atoms with E-state index in [4.69, 9.17) is 14.9 Å². The molecule has 4 unspecified atom stereocenters. The molecule has 2 aliphatic rings. The van der Waals surface area contributed by atoms with Crippen LogP contribution in [0, 0.1) is 50.2 Å². The van der Waals surface area contributed by atoms with Crippen LogP contribution in [-0.2, 0) is 9.47 Å². The van der Waals surface area contributed by atoms with Crippen molar-refractivity contribution >= 4 is 5.90 Å². The molecular weight excluding hydrogens is 364 g/mol. The van der Waals surface area contributed by atoms with E-state index >= 15 is 0 Å². The van der Waals surface area contributed by atoms with Gasteiger partial charge in [0, 0.05) is 6.92 Å². The van der Waals surface area contributed by atoms with Gasteiger partial charge in [-0.2, -0.15) is 15.8 Å². The monoisotopic (exact) mass is 390 g/mol. The normalized spacial score (nSPS) is 31.9. The zero-order valence-electron chi connectivity index (χ0n) is 16.9. The molecule has 0 aliphatic carbocycles. The van der Waals surface area contributed by atoms with Gasteiger partial charge in [-0.3, -0.25) is 5.41 Å². The van der Waals surface area contributed by atoms with Gasteiger partial charge in [0.05, 0.1) is 30.2 Å². The lowest BCUT2D eigenvalue weighted by atomic mass is 9.52. The third kappa shape index (κ3) is 2.89. The SMILES string of the molecule is CCCCCCCC1OC2(C)OC(=N)C(C#N)(C2c2ccccc2)C1(C#N)C#N. The second kappa shape index (κ2) is 7.86. The van der Waals surface area contributed by atoms with Crippen molar-refractivity contribution in [2.75, 3.05) is 0 Å². The number of nitrogens with zero attached hydrogens (tertiary/aromatic N) is 3.